The number of hydrogen-bond donors (Lipinski definition) is 1. The second-order valence-electron chi connectivity index (χ2n) is 8.00. The van der Waals surface area contributed by atoms with E-state index < -0.39 is 51.8 Å². The van der Waals surface area contributed by atoms with E-state index in [2.05, 4.69) is 6.07 Å². The number of primary amides is 1. The second kappa shape index (κ2) is 7.15. The van der Waals surface area contributed by atoms with Crippen LogP contribution in [-0.2, 0) is 14.8 Å². The number of amides is 1. The van der Waals surface area contributed by atoms with E-state index in [1.807, 2.05) is 0 Å². The van der Waals surface area contributed by atoms with Gasteiger partial charge in [0.05, 0.1) is 16.4 Å². The van der Waals surface area contributed by atoms with E-state index in [0.29, 0.717) is 19.3 Å². The number of benzene rings is 1. The van der Waals surface area contributed by atoms with E-state index in [4.69, 9.17) is 17.3 Å². The number of rotatable bonds is 8. The highest BCUT2D eigenvalue weighted by atomic mass is 35.5. The first-order valence-corrected chi connectivity index (χ1v) is 10.7. The summed E-state index contributed by atoms with van der Waals surface area (Å²) >= 11 is 5.79. The molecule has 0 radical (unpaired) electrons. The van der Waals surface area contributed by atoms with Crippen molar-refractivity contribution in [2.75, 3.05) is 6.54 Å². The maximum absolute atomic E-state index is 13.2. The van der Waals surface area contributed by atoms with Crippen LogP contribution < -0.4 is 5.73 Å². The maximum Gasteiger partial charge on any atom is 0.389 e. The highest BCUT2D eigenvalue weighted by molar-refractivity contribution is 7.89. The van der Waals surface area contributed by atoms with Crippen molar-refractivity contribution in [3.63, 3.8) is 0 Å². The number of carbonyl (C=O) groups excluding carboxylic acids is 1. The quantitative estimate of drug-likeness (QED) is 0.657. The van der Waals surface area contributed by atoms with Gasteiger partial charge >= 0.3 is 6.18 Å². The van der Waals surface area contributed by atoms with Crippen LogP contribution in [0.1, 0.15) is 32.1 Å². The minimum Gasteiger partial charge on any atom is -0.368 e. The van der Waals surface area contributed by atoms with E-state index in [-0.39, 0.29) is 16.5 Å². The van der Waals surface area contributed by atoms with Crippen LogP contribution in [0.25, 0.3) is 0 Å². The summed E-state index contributed by atoms with van der Waals surface area (Å²) in [6.07, 6.45) is -5.33. The van der Waals surface area contributed by atoms with E-state index in [0.717, 1.165) is 4.31 Å². The molecule has 0 aliphatic heterocycles. The van der Waals surface area contributed by atoms with Gasteiger partial charge in [0.15, 0.2) is 0 Å². The molecule has 0 heterocycles. The highest BCUT2D eigenvalue weighted by Gasteiger charge is 2.69. The number of alkyl halides is 3. The largest absolute Gasteiger partial charge is 0.389 e. The molecule has 2 bridgehead atoms. The Labute approximate surface area is 171 Å². The summed E-state index contributed by atoms with van der Waals surface area (Å²) in [6.45, 7) is -0.160. The van der Waals surface area contributed by atoms with Gasteiger partial charge < -0.3 is 5.73 Å². The van der Waals surface area contributed by atoms with Gasteiger partial charge in [-0.15, -0.1) is 0 Å². The van der Waals surface area contributed by atoms with Crippen molar-refractivity contribution < 1.29 is 26.4 Å². The van der Waals surface area contributed by atoms with E-state index >= 15 is 0 Å². The van der Waals surface area contributed by atoms with Crippen molar-refractivity contribution in [2.45, 2.75) is 49.2 Å². The lowest BCUT2D eigenvalue weighted by atomic mass is 9.35. The smallest absolute Gasteiger partial charge is 0.368 e. The molecule has 0 saturated heterocycles. The summed E-state index contributed by atoms with van der Waals surface area (Å²) in [7, 11) is -4.32. The first kappa shape index (κ1) is 21.9. The SMILES string of the molecule is N#CC12CC(CN([C@H](CCC(F)(F)F)C(N)=O)S(=O)(=O)c3ccc(Cl)cc3)(C1)C2. The van der Waals surface area contributed by atoms with E-state index in [1.165, 1.54) is 24.3 Å². The van der Waals surface area contributed by atoms with Crippen LogP contribution in [0.3, 0.4) is 0 Å². The molecule has 1 atom stereocenters. The molecule has 0 spiro atoms. The fourth-order valence-corrected chi connectivity index (χ4v) is 6.31. The van der Waals surface area contributed by atoms with Crippen LogP contribution in [0, 0.1) is 22.2 Å². The monoisotopic (exact) mass is 449 g/mol. The summed E-state index contributed by atoms with van der Waals surface area (Å²) < 4.78 is 65.5. The van der Waals surface area contributed by atoms with Crippen molar-refractivity contribution in [2.24, 2.45) is 16.6 Å². The molecule has 2 N–H and O–H groups in total. The summed E-state index contributed by atoms with van der Waals surface area (Å²) in [5.41, 5.74) is 4.33. The first-order chi connectivity index (χ1) is 13.3. The Morgan fingerprint density at radius 2 is 1.83 bits per heavy atom. The zero-order valence-electron chi connectivity index (χ0n) is 15.2. The zero-order chi connectivity index (χ0) is 21.7. The molecule has 3 fully saturated rings. The Balaban J connectivity index is 1.93. The number of nitriles is 1. The Morgan fingerprint density at radius 3 is 2.28 bits per heavy atom. The maximum atomic E-state index is 13.2. The number of carbonyl (C=O) groups is 1. The molecule has 4 rings (SSSR count). The lowest BCUT2D eigenvalue weighted by Crippen LogP contribution is -2.66. The zero-order valence-corrected chi connectivity index (χ0v) is 16.8. The van der Waals surface area contributed by atoms with Gasteiger partial charge in [0.1, 0.15) is 6.04 Å². The lowest BCUT2D eigenvalue weighted by molar-refractivity contribution is -0.173. The second-order valence-corrected chi connectivity index (χ2v) is 10.3. The topological polar surface area (TPSA) is 104 Å². The molecule has 3 aliphatic rings. The van der Waals surface area contributed by atoms with E-state index in [9.17, 15) is 31.6 Å². The van der Waals surface area contributed by atoms with Gasteiger partial charge in [0.25, 0.3) is 0 Å². The fraction of sp³-hybridized carbons (Fsp3) is 0.556. The molecule has 0 unspecified atom stereocenters. The third kappa shape index (κ3) is 4.22. The van der Waals surface area contributed by atoms with E-state index in [1.54, 1.807) is 0 Å². The molecule has 29 heavy (non-hydrogen) atoms. The van der Waals surface area contributed by atoms with Crippen LogP contribution in [0.2, 0.25) is 5.02 Å². The van der Waals surface area contributed by atoms with Crippen LogP contribution in [-0.4, -0.2) is 37.4 Å². The normalized spacial score (nSPS) is 26.9. The number of hydrogen-bond acceptors (Lipinski definition) is 4. The first-order valence-electron chi connectivity index (χ1n) is 8.86. The van der Waals surface area contributed by atoms with Crippen molar-refractivity contribution in [1.29, 1.82) is 5.26 Å². The molecule has 0 aromatic heterocycles. The Bertz CT molecular complexity index is 938. The van der Waals surface area contributed by atoms with Crippen LogP contribution >= 0.6 is 11.6 Å². The Kier molecular flexibility index (Phi) is 5.39. The lowest BCUT2D eigenvalue weighted by Gasteiger charge is -2.68. The van der Waals surface area contributed by atoms with Gasteiger partial charge in [-0.2, -0.15) is 22.7 Å². The fourth-order valence-electron chi connectivity index (χ4n) is 4.45. The minimum atomic E-state index is -4.56. The van der Waals surface area contributed by atoms with Crippen molar-refractivity contribution in [3.8, 4) is 6.07 Å². The predicted molar refractivity (Wildman–Crippen MR) is 97.9 cm³/mol. The third-order valence-electron chi connectivity index (χ3n) is 5.67. The number of nitrogens with two attached hydrogens (primary N) is 1. The van der Waals surface area contributed by atoms with Crippen LogP contribution in [0.4, 0.5) is 13.2 Å². The summed E-state index contributed by atoms with van der Waals surface area (Å²) in [6, 6.07) is 5.68. The molecule has 158 valence electrons. The van der Waals surface area contributed by atoms with Gasteiger partial charge in [-0.25, -0.2) is 8.42 Å². The number of halogens is 4. The van der Waals surface area contributed by atoms with Crippen LogP contribution in [0.15, 0.2) is 29.2 Å². The van der Waals surface area contributed by atoms with Gasteiger partial charge in [0, 0.05) is 18.0 Å². The van der Waals surface area contributed by atoms with Gasteiger partial charge in [-0.05, 0) is 55.4 Å². The highest BCUT2D eigenvalue weighted by Crippen LogP contribution is 2.73. The van der Waals surface area contributed by atoms with Crippen LogP contribution in [0.5, 0.6) is 0 Å². The molecule has 3 aliphatic carbocycles. The van der Waals surface area contributed by atoms with Gasteiger partial charge in [0.2, 0.25) is 15.9 Å². The van der Waals surface area contributed by atoms with Gasteiger partial charge in [-0.1, -0.05) is 11.6 Å². The summed E-state index contributed by atoms with van der Waals surface area (Å²) in [4.78, 5) is 11.8. The standard InChI is InChI=1S/C18H19ClF3N3O3S/c19-12-1-3-13(4-2-12)29(27,28)25(11-17-7-16(8-17,9-17)10-23)14(15(24)26)5-6-18(20,21)22/h1-4,14H,5-9,11H2,(H2,24,26)/t14-,16?,17?/m1/s1. The predicted octanol–water partition coefficient (Wildman–Crippen LogP) is 3.22. The molecule has 1 aromatic rings. The van der Waals surface area contributed by atoms with Crippen molar-refractivity contribution >= 4 is 27.5 Å². The van der Waals surface area contributed by atoms with Crippen molar-refractivity contribution in [1.82, 2.24) is 4.31 Å². The molecule has 11 heteroatoms. The molecule has 1 amide bonds. The molecule has 6 nitrogen and oxygen atoms in total. The molecule has 3 saturated carbocycles. The Morgan fingerprint density at radius 1 is 1.28 bits per heavy atom. The van der Waals surface area contributed by atoms with Crippen molar-refractivity contribution in [3.05, 3.63) is 29.3 Å². The molecule has 1 aromatic carbocycles. The van der Waals surface area contributed by atoms with Gasteiger partial charge in [-0.3, -0.25) is 4.79 Å². The third-order valence-corrected chi connectivity index (χ3v) is 7.79. The molecular formula is C18H19ClF3N3O3S. The minimum absolute atomic E-state index is 0.160. The molecular weight excluding hydrogens is 431 g/mol. The number of sulfonamides is 1. The summed E-state index contributed by atoms with van der Waals surface area (Å²) in [5.74, 6) is -1.15. The number of nitrogens with zero attached hydrogens (tertiary/aromatic N) is 2. The average Bonchev–Trinajstić information content (AvgIpc) is 2.53. The Hall–Kier alpha value is -1.83. The summed E-state index contributed by atoms with van der Waals surface area (Å²) in [5, 5.41) is 9.46. The average molecular weight is 450 g/mol.